The fourth-order valence-electron chi connectivity index (χ4n) is 2.21. The van der Waals surface area contributed by atoms with E-state index in [1.54, 1.807) is 0 Å². The van der Waals surface area contributed by atoms with Crippen LogP contribution in [-0.4, -0.2) is 36.6 Å². The van der Waals surface area contributed by atoms with Gasteiger partial charge in [0.1, 0.15) is 0 Å². The molecule has 0 aromatic carbocycles. The van der Waals surface area contributed by atoms with E-state index in [2.05, 4.69) is 58.7 Å². The molecule has 2 heteroatoms. The van der Waals surface area contributed by atoms with Gasteiger partial charge in [0.15, 0.2) is 0 Å². The molecule has 0 fully saturated rings. The van der Waals surface area contributed by atoms with Crippen molar-refractivity contribution in [1.29, 1.82) is 0 Å². The molecule has 17 heavy (non-hydrogen) atoms. The highest BCUT2D eigenvalue weighted by molar-refractivity contribution is 4.78. The van der Waals surface area contributed by atoms with E-state index in [0.29, 0.717) is 12.1 Å². The fourth-order valence-corrected chi connectivity index (χ4v) is 2.21. The third kappa shape index (κ3) is 7.05. The van der Waals surface area contributed by atoms with E-state index in [0.717, 1.165) is 18.4 Å². The van der Waals surface area contributed by atoms with Crippen LogP contribution in [0.1, 0.15) is 54.9 Å². The quantitative estimate of drug-likeness (QED) is 0.667. The second kappa shape index (κ2) is 8.93. The summed E-state index contributed by atoms with van der Waals surface area (Å²) < 4.78 is 0. The average molecular weight is 242 g/mol. The topological polar surface area (TPSA) is 15.3 Å². The Morgan fingerprint density at radius 1 is 0.941 bits per heavy atom. The van der Waals surface area contributed by atoms with Gasteiger partial charge in [0, 0.05) is 25.2 Å². The van der Waals surface area contributed by atoms with E-state index in [4.69, 9.17) is 0 Å². The molecule has 0 saturated heterocycles. The molecule has 0 bridgehead atoms. The van der Waals surface area contributed by atoms with Crippen LogP contribution >= 0.6 is 0 Å². The van der Waals surface area contributed by atoms with Crippen molar-refractivity contribution in [2.75, 3.05) is 19.6 Å². The van der Waals surface area contributed by atoms with E-state index >= 15 is 0 Å². The molecule has 2 nitrogen and oxygen atoms in total. The molecule has 0 saturated carbocycles. The summed E-state index contributed by atoms with van der Waals surface area (Å²) in [5.41, 5.74) is 0. The highest BCUT2D eigenvalue weighted by Gasteiger charge is 2.20. The van der Waals surface area contributed by atoms with Gasteiger partial charge in [-0.2, -0.15) is 0 Å². The van der Waals surface area contributed by atoms with Gasteiger partial charge in [-0.05, 0) is 32.2 Å². The van der Waals surface area contributed by atoms with Crippen molar-refractivity contribution >= 4 is 0 Å². The van der Waals surface area contributed by atoms with Crippen LogP contribution in [0.5, 0.6) is 0 Å². The van der Waals surface area contributed by atoms with Crippen molar-refractivity contribution in [2.24, 2.45) is 11.8 Å². The first-order valence-electron chi connectivity index (χ1n) is 7.39. The van der Waals surface area contributed by atoms with Crippen LogP contribution in [0, 0.1) is 11.8 Å². The molecule has 0 spiro atoms. The number of nitrogens with one attached hydrogen (secondary N) is 1. The largest absolute Gasteiger partial charge is 0.313 e. The Hall–Kier alpha value is -0.0800. The molecule has 0 aromatic rings. The predicted molar refractivity (Wildman–Crippen MR) is 78.5 cm³/mol. The molecule has 0 aliphatic rings. The number of nitrogens with zero attached hydrogens (tertiary/aromatic N) is 1. The Labute approximate surface area is 109 Å². The van der Waals surface area contributed by atoms with Crippen LogP contribution in [0.4, 0.5) is 0 Å². The van der Waals surface area contributed by atoms with Gasteiger partial charge in [0.05, 0.1) is 0 Å². The molecular formula is C15H34N2. The maximum atomic E-state index is 3.65. The van der Waals surface area contributed by atoms with Crippen molar-refractivity contribution in [3.63, 3.8) is 0 Å². The van der Waals surface area contributed by atoms with Crippen LogP contribution in [0.15, 0.2) is 0 Å². The summed E-state index contributed by atoms with van der Waals surface area (Å²) in [5, 5.41) is 3.65. The lowest BCUT2D eigenvalue weighted by Crippen LogP contribution is -2.48. The van der Waals surface area contributed by atoms with Crippen LogP contribution in [0.2, 0.25) is 0 Å². The lowest BCUT2D eigenvalue weighted by molar-refractivity contribution is 0.158. The van der Waals surface area contributed by atoms with Crippen molar-refractivity contribution in [3.8, 4) is 0 Å². The molecule has 104 valence electrons. The Kier molecular flexibility index (Phi) is 8.89. The molecule has 0 aliphatic carbocycles. The zero-order valence-corrected chi connectivity index (χ0v) is 13.1. The van der Waals surface area contributed by atoms with Crippen LogP contribution < -0.4 is 5.32 Å². The van der Waals surface area contributed by atoms with Gasteiger partial charge in [-0.15, -0.1) is 0 Å². The van der Waals surface area contributed by atoms with Gasteiger partial charge in [-0.3, -0.25) is 4.90 Å². The summed E-state index contributed by atoms with van der Waals surface area (Å²) in [5.74, 6) is 1.50. The third-order valence-corrected chi connectivity index (χ3v) is 3.56. The maximum absolute atomic E-state index is 3.65. The lowest BCUT2D eigenvalue weighted by atomic mass is 9.97. The van der Waals surface area contributed by atoms with Gasteiger partial charge in [-0.25, -0.2) is 0 Å². The second-order valence-corrected chi connectivity index (χ2v) is 5.99. The monoisotopic (exact) mass is 242 g/mol. The van der Waals surface area contributed by atoms with Crippen LogP contribution in [0.25, 0.3) is 0 Å². The summed E-state index contributed by atoms with van der Waals surface area (Å²) in [6.07, 6.45) is 1.26. The van der Waals surface area contributed by atoms with E-state index in [9.17, 15) is 0 Å². The van der Waals surface area contributed by atoms with Crippen LogP contribution in [-0.2, 0) is 0 Å². The zero-order chi connectivity index (χ0) is 13.4. The Balaban J connectivity index is 4.44. The highest BCUT2D eigenvalue weighted by atomic mass is 15.2. The number of likely N-dealkylation sites (N-methyl/N-ethyl adjacent to an activating group) is 1. The third-order valence-electron chi connectivity index (χ3n) is 3.56. The van der Waals surface area contributed by atoms with E-state index < -0.39 is 0 Å². The summed E-state index contributed by atoms with van der Waals surface area (Å²) in [7, 11) is 0. The summed E-state index contributed by atoms with van der Waals surface area (Å²) in [6.45, 7) is 19.5. The molecule has 0 rings (SSSR count). The van der Waals surface area contributed by atoms with Gasteiger partial charge in [0.25, 0.3) is 0 Å². The minimum absolute atomic E-state index is 0.631. The molecule has 2 atom stereocenters. The van der Waals surface area contributed by atoms with Crippen molar-refractivity contribution in [2.45, 2.75) is 67.0 Å². The molecule has 0 radical (unpaired) electrons. The predicted octanol–water partition coefficient (Wildman–Crippen LogP) is 3.38. The van der Waals surface area contributed by atoms with E-state index in [1.165, 1.54) is 19.5 Å². The fraction of sp³-hybridized carbons (Fsp3) is 1.00. The minimum Gasteiger partial charge on any atom is -0.313 e. The van der Waals surface area contributed by atoms with Gasteiger partial charge in [-0.1, -0.05) is 41.0 Å². The zero-order valence-electron chi connectivity index (χ0n) is 13.1. The van der Waals surface area contributed by atoms with Crippen molar-refractivity contribution < 1.29 is 0 Å². The molecule has 0 amide bonds. The second-order valence-electron chi connectivity index (χ2n) is 5.99. The normalized spacial score (nSPS) is 15.9. The SMILES string of the molecule is CCNC(CN(CC(C)C)C(C)C)C(C)CC. The van der Waals surface area contributed by atoms with E-state index in [1.807, 2.05) is 0 Å². The maximum Gasteiger partial charge on any atom is 0.0220 e. The smallest absolute Gasteiger partial charge is 0.0220 e. The number of hydrogen-bond acceptors (Lipinski definition) is 2. The molecule has 0 aromatic heterocycles. The first-order chi connectivity index (χ1) is 7.92. The summed E-state index contributed by atoms with van der Waals surface area (Å²) in [6, 6.07) is 1.27. The average Bonchev–Trinajstić information content (AvgIpc) is 2.25. The molecule has 0 aliphatic heterocycles. The number of rotatable bonds is 9. The highest BCUT2D eigenvalue weighted by Crippen LogP contribution is 2.12. The first kappa shape index (κ1) is 16.9. The standard InChI is InChI=1S/C15H34N2/c1-8-14(7)15(16-9-2)11-17(13(5)6)10-12(3)4/h12-16H,8-11H2,1-7H3. The molecular weight excluding hydrogens is 208 g/mol. The summed E-state index contributed by atoms with van der Waals surface area (Å²) >= 11 is 0. The first-order valence-corrected chi connectivity index (χ1v) is 7.39. The molecule has 0 heterocycles. The van der Waals surface area contributed by atoms with Crippen molar-refractivity contribution in [3.05, 3.63) is 0 Å². The molecule has 1 N–H and O–H groups in total. The lowest BCUT2D eigenvalue weighted by Gasteiger charge is -2.34. The van der Waals surface area contributed by atoms with Gasteiger partial charge >= 0.3 is 0 Å². The molecule has 2 unspecified atom stereocenters. The Morgan fingerprint density at radius 2 is 1.53 bits per heavy atom. The number of hydrogen-bond donors (Lipinski definition) is 1. The Morgan fingerprint density at radius 3 is 1.88 bits per heavy atom. The van der Waals surface area contributed by atoms with E-state index in [-0.39, 0.29) is 0 Å². The van der Waals surface area contributed by atoms with Gasteiger partial charge in [0.2, 0.25) is 0 Å². The summed E-state index contributed by atoms with van der Waals surface area (Å²) in [4.78, 5) is 2.62. The Bertz CT molecular complexity index is 178. The van der Waals surface area contributed by atoms with Gasteiger partial charge < -0.3 is 5.32 Å². The van der Waals surface area contributed by atoms with Crippen LogP contribution in [0.3, 0.4) is 0 Å². The minimum atomic E-state index is 0.631. The van der Waals surface area contributed by atoms with Crippen molar-refractivity contribution in [1.82, 2.24) is 10.2 Å².